The van der Waals surface area contributed by atoms with Gasteiger partial charge >= 0.3 is 0 Å². The molecular weight excluding hydrogens is 523 g/mol. The number of likely N-dealkylation sites (tertiary alicyclic amines) is 1. The van der Waals surface area contributed by atoms with E-state index in [1.54, 1.807) is 4.90 Å². The summed E-state index contributed by atoms with van der Waals surface area (Å²) in [5.41, 5.74) is 1.50. The Morgan fingerprint density at radius 3 is 2.08 bits per heavy atom. The van der Waals surface area contributed by atoms with Crippen molar-refractivity contribution in [3.05, 3.63) is 29.8 Å². The molecule has 0 radical (unpaired) electrons. The van der Waals surface area contributed by atoms with E-state index in [0.717, 1.165) is 18.5 Å². The molecule has 2 rings (SSSR count). The van der Waals surface area contributed by atoms with Gasteiger partial charge in [0.05, 0.1) is 6.10 Å². The zero-order valence-electron chi connectivity index (χ0n) is 26.9. The van der Waals surface area contributed by atoms with E-state index in [1.807, 2.05) is 43.3 Å². The van der Waals surface area contributed by atoms with Crippen LogP contribution < -0.4 is 10.2 Å². The van der Waals surface area contributed by atoms with Crippen LogP contribution in [-0.4, -0.2) is 78.8 Å². The van der Waals surface area contributed by atoms with Crippen molar-refractivity contribution < 1.29 is 18.4 Å². The average molecular weight is 578 g/mol. The maximum absolute atomic E-state index is 14.1. The normalized spacial score (nSPS) is 20.7. The van der Waals surface area contributed by atoms with Gasteiger partial charge < -0.3 is 24.0 Å². The van der Waals surface area contributed by atoms with Gasteiger partial charge in [-0.1, -0.05) is 61.0 Å². The highest BCUT2D eigenvalue weighted by Crippen LogP contribution is 2.43. The Kier molecular flexibility index (Phi) is 10.7. The summed E-state index contributed by atoms with van der Waals surface area (Å²) >= 11 is 0. The maximum atomic E-state index is 14.1. The van der Waals surface area contributed by atoms with Crippen LogP contribution in [0.1, 0.15) is 71.7 Å². The molecule has 1 aliphatic heterocycles. The molecule has 1 unspecified atom stereocenters. The molecule has 7 nitrogen and oxygen atoms in total. The van der Waals surface area contributed by atoms with E-state index in [-0.39, 0.29) is 28.0 Å². The number of nitrogens with zero attached hydrogens (tertiary/aromatic N) is 2. The molecule has 0 spiro atoms. The van der Waals surface area contributed by atoms with Gasteiger partial charge in [-0.3, -0.25) is 9.59 Å². The van der Waals surface area contributed by atoms with Crippen LogP contribution in [-0.2, 0) is 13.6 Å². The molecule has 0 aliphatic carbocycles. The number of carbonyl (C=O) groups is 2. The van der Waals surface area contributed by atoms with Gasteiger partial charge in [-0.2, -0.15) is 0 Å². The predicted molar refractivity (Wildman–Crippen MR) is 168 cm³/mol. The minimum absolute atomic E-state index is 0.0229. The summed E-state index contributed by atoms with van der Waals surface area (Å²) in [6, 6.07) is 6.82. The first-order chi connectivity index (χ1) is 17.7. The summed E-state index contributed by atoms with van der Waals surface area (Å²) in [6.07, 6.45) is 0.937. The molecule has 1 saturated heterocycles. The second kappa shape index (κ2) is 12.4. The molecule has 1 N–H and O–H groups in total. The van der Waals surface area contributed by atoms with Crippen molar-refractivity contribution in [2.24, 2.45) is 0 Å². The lowest BCUT2D eigenvalue weighted by molar-refractivity contribution is -0.127. The Hall–Kier alpha value is -1.69. The minimum Gasteiger partial charge on any atom is -0.409 e. The Morgan fingerprint density at radius 1 is 1.00 bits per heavy atom. The maximum Gasteiger partial charge on any atom is 0.254 e. The first kappa shape index (κ1) is 33.5. The third kappa shape index (κ3) is 7.95. The fourth-order valence-electron chi connectivity index (χ4n) is 4.18. The highest BCUT2D eigenvalue weighted by molar-refractivity contribution is 6.74. The van der Waals surface area contributed by atoms with Gasteiger partial charge in [-0.25, -0.2) is 0 Å². The standard InChI is InChI=1S/C30H55N3O4Si2/c1-14-15-19-31-27(34)25-26(37-39(12,13)30(5,6)7)24(36-38(10,11)29(2,3)4)21-33(25)28(35)22-17-16-18-23(20-22)32(8)9/h16-18,20,24-26H,14-15,19,21H2,1-13H3,(H,31,34)/t24-,25?,26+/m0/s1. The van der Waals surface area contributed by atoms with Crippen LogP contribution in [0.3, 0.4) is 0 Å². The highest BCUT2D eigenvalue weighted by atomic mass is 28.4. The van der Waals surface area contributed by atoms with E-state index >= 15 is 0 Å². The molecule has 2 amide bonds. The number of carbonyl (C=O) groups excluding carboxylic acids is 2. The van der Waals surface area contributed by atoms with Crippen molar-refractivity contribution in [1.29, 1.82) is 0 Å². The van der Waals surface area contributed by atoms with Crippen LogP contribution >= 0.6 is 0 Å². The molecule has 1 fully saturated rings. The van der Waals surface area contributed by atoms with E-state index < -0.39 is 28.8 Å². The number of unbranched alkanes of at least 4 members (excludes halogenated alkanes) is 1. The van der Waals surface area contributed by atoms with Gasteiger partial charge in [0.2, 0.25) is 5.91 Å². The number of hydrogen-bond acceptors (Lipinski definition) is 5. The van der Waals surface area contributed by atoms with Crippen molar-refractivity contribution >= 4 is 34.1 Å². The van der Waals surface area contributed by atoms with Gasteiger partial charge in [0.15, 0.2) is 16.6 Å². The lowest BCUT2D eigenvalue weighted by atomic mass is 10.1. The van der Waals surface area contributed by atoms with Crippen LogP contribution in [0.25, 0.3) is 0 Å². The van der Waals surface area contributed by atoms with Crippen LogP contribution in [0.4, 0.5) is 5.69 Å². The Balaban J connectivity index is 2.62. The fourth-order valence-corrected chi connectivity index (χ4v) is 6.82. The number of anilines is 1. The summed E-state index contributed by atoms with van der Waals surface area (Å²) in [6.45, 7) is 25.1. The Labute approximate surface area is 240 Å². The van der Waals surface area contributed by atoms with Crippen molar-refractivity contribution in [2.45, 2.75) is 116 Å². The first-order valence-electron chi connectivity index (χ1n) is 14.4. The number of hydrogen-bond donors (Lipinski definition) is 1. The van der Waals surface area contributed by atoms with E-state index in [1.165, 1.54) is 0 Å². The summed E-state index contributed by atoms with van der Waals surface area (Å²) in [5.74, 6) is -0.329. The van der Waals surface area contributed by atoms with Crippen molar-refractivity contribution in [1.82, 2.24) is 10.2 Å². The fraction of sp³-hybridized carbons (Fsp3) is 0.733. The molecule has 1 aromatic carbocycles. The smallest absolute Gasteiger partial charge is 0.254 e. The van der Waals surface area contributed by atoms with Gasteiger partial charge in [-0.15, -0.1) is 0 Å². The highest BCUT2D eigenvalue weighted by Gasteiger charge is 2.55. The Bertz CT molecular complexity index is 999. The first-order valence-corrected chi connectivity index (χ1v) is 20.3. The van der Waals surface area contributed by atoms with Gasteiger partial charge in [-0.05, 0) is 60.9 Å². The van der Waals surface area contributed by atoms with Crippen molar-refractivity contribution in [3.63, 3.8) is 0 Å². The van der Waals surface area contributed by atoms with Crippen LogP contribution in [0.2, 0.25) is 36.3 Å². The van der Waals surface area contributed by atoms with Crippen molar-refractivity contribution in [3.8, 4) is 0 Å². The van der Waals surface area contributed by atoms with Gasteiger partial charge in [0.25, 0.3) is 5.91 Å². The SMILES string of the molecule is CCCCNC(=O)C1[C@H](O[Si](C)(C)C(C)(C)C)[C@@H](O[Si](C)(C)C(C)(C)C)CN1C(=O)c1cccc(N(C)C)c1. The molecular formula is C30H55N3O4Si2. The van der Waals surface area contributed by atoms with Gasteiger partial charge in [0.1, 0.15) is 12.1 Å². The number of rotatable bonds is 10. The third-order valence-corrected chi connectivity index (χ3v) is 17.8. The largest absolute Gasteiger partial charge is 0.409 e. The van der Waals surface area contributed by atoms with Crippen LogP contribution in [0.15, 0.2) is 24.3 Å². The van der Waals surface area contributed by atoms with E-state index in [9.17, 15) is 9.59 Å². The molecule has 1 aromatic rings. The van der Waals surface area contributed by atoms with E-state index in [0.29, 0.717) is 18.7 Å². The average Bonchev–Trinajstić information content (AvgIpc) is 3.13. The molecule has 1 heterocycles. The lowest BCUT2D eigenvalue weighted by Gasteiger charge is -2.43. The second-order valence-corrected chi connectivity index (χ2v) is 23.8. The topological polar surface area (TPSA) is 71.1 Å². The minimum atomic E-state index is -2.32. The van der Waals surface area contributed by atoms with Gasteiger partial charge in [0, 0.05) is 38.4 Å². The quantitative estimate of drug-likeness (QED) is 0.262. The zero-order valence-corrected chi connectivity index (χ0v) is 28.9. The summed E-state index contributed by atoms with van der Waals surface area (Å²) in [4.78, 5) is 31.7. The molecule has 0 bridgehead atoms. The molecule has 0 aromatic heterocycles. The molecule has 3 atom stereocenters. The van der Waals surface area contributed by atoms with Crippen molar-refractivity contribution in [2.75, 3.05) is 32.1 Å². The number of amides is 2. The predicted octanol–water partition coefficient (Wildman–Crippen LogP) is 6.27. The molecule has 9 heteroatoms. The monoisotopic (exact) mass is 577 g/mol. The zero-order chi connectivity index (χ0) is 30.0. The summed E-state index contributed by atoms with van der Waals surface area (Å²) < 4.78 is 14.0. The third-order valence-electron chi connectivity index (χ3n) is 8.85. The molecule has 0 saturated carbocycles. The number of benzene rings is 1. The second-order valence-electron chi connectivity index (χ2n) is 14.3. The lowest BCUT2D eigenvalue weighted by Crippen LogP contribution is -2.56. The summed E-state index contributed by atoms with van der Waals surface area (Å²) in [7, 11) is -0.645. The summed E-state index contributed by atoms with van der Waals surface area (Å²) in [5, 5.41) is 3.03. The Morgan fingerprint density at radius 2 is 1.56 bits per heavy atom. The molecule has 39 heavy (non-hydrogen) atoms. The van der Waals surface area contributed by atoms with E-state index in [4.69, 9.17) is 8.85 Å². The van der Waals surface area contributed by atoms with Crippen LogP contribution in [0, 0.1) is 0 Å². The number of nitrogens with one attached hydrogen (secondary N) is 1. The molecule has 222 valence electrons. The van der Waals surface area contributed by atoms with E-state index in [2.05, 4.69) is 80.0 Å². The molecule has 1 aliphatic rings. The van der Waals surface area contributed by atoms with Crippen LogP contribution in [0.5, 0.6) is 0 Å².